The van der Waals surface area contributed by atoms with E-state index in [-0.39, 0.29) is 5.56 Å². The lowest BCUT2D eigenvalue weighted by Crippen LogP contribution is -2.23. The molecule has 1 aromatic rings. The second-order valence-electron chi connectivity index (χ2n) is 4.90. The molecule has 1 aliphatic rings. The van der Waals surface area contributed by atoms with Crippen LogP contribution in [0.15, 0.2) is 15.5 Å². The van der Waals surface area contributed by atoms with Gasteiger partial charge in [0.25, 0.3) is 5.56 Å². The van der Waals surface area contributed by atoms with Gasteiger partial charge in [-0.15, -0.1) is 0 Å². The molecule has 0 amide bonds. The van der Waals surface area contributed by atoms with Crippen molar-refractivity contribution in [2.24, 2.45) is 12.5 Å². The average Bonchev–Trinajstić information content (AvgIpc) is 3.06. The monoisotopic (exact) mass is 299 g/mol. The van der Waals surface area contributed by atoms with E-state index in [1.165, 1.54) is 30.4 Å². The molecule has 0 atom stereocenters. The summed E-state index contributed by atoms with van der Waals surface area (Å²) < 4.78 is 1.90. The number of aryl methyl sites for hydroxylation is 1. The van der Waals surface area contributed by atoms with E-state index in [2.05, 4.69) is 33.3 Å². The van der Waals surface area contributed by atoms with Gasteiger partial charge in [0.15, 0.2) is 0 Å². The molecular formula is C12H18BrN3O. The van der Waals surface area contributed by atoms with Crippen LogP contribution in [0, 0.1) is 5.41 Å². The van der Waals surface area contributed by atoms with Crippen molar-refractivity contribution < 1.29 is 0 Å². The second kappa shape index (κ2) is 4.80. The topological polar surface area (TPSA) is 46.9 Å². The zero-order valence-electron chi connectivity index (χ0n) is 10.3. The molecule has 0 aliphatic heterocycles. The van der Waals surface area contributed by atoms with Gasteiger partial charge in [-0.05, 0) is 40.6 Å². The first kappa shape index (κ1) is 12.6. The van der Waals surface area contributed by atoms with Gasteiger partial charge in [-0.3, -0.25) is 4.79 Å². The Morgan fingerprint density at radius 2 is 2.29 bits per heavy atom. The van der Waals surface area contributed by atoms with Crippen molar-refractivity contribution in [2.75, 3.05) is 11.9 Å². The normalized spacial score (nSPS) is 16.9. The number of anilines is 1. The lowest BCUT2D eigenvalue weighted by atomic mass is 10.0. The first-order valence-electron chi connectivity index (χ1n) is 6.04. The molecule has 1 heterocycles. The van der Waals surface area contributed by atoms with Gasteiger partial charge < -0.3 is 5.32 Å². The largest absolute Gasteiger partial charge is 0.382 e. The molecule has 4 nitrogen and oxygen atoms in total. The average molecular weight is 300 g/mol. The van der Waals surface area contributed by atoms with E-state index in [0.29, 0.717) is 9.89 Å². The van der Waals surface area contributed by atoms with Crippen molar-refractivity contribution in [3.8, 4) is 0 Å². The fourth-order valence-corrected chi connectivity index (χ4v) is 2.64. The molecule has 0 spiro atoms. The molecule has 1 aliphatic carbocycles. The van der Waals surface area contributed by atoms with Crippen LogP contribution in [-0.4, -0.2) is 16.3 Å². The van der Waals surface area contributed by atoms with E-state index < -0.39 is 0 Å². The Morgan fingerprint density at radius 1 is 1.59 bits per heavy atom. The molecule has 2 rings (SSSR count). The number of rotatable bonds is 5. The van der Waals surface area contributed by atoms with Crippen LogP contribution in [0.1, 0.15) is 32.6 Å². The number of nitrogens with one attached hydrogen (secondary N) is 1. The Labute approximate surface area is 110 Å². The van der Waals surface area contributed by atoms with Crippen LogP contribution in [0.2, 0.25) is 0 Å². The smallest absolute Gasteiger partial charge is 0.282 e. The lowest BCUT2D eigenvalue weighted by Gasteiger charge is -2.16. The van der Waals surface area contributed by atoms with Crippen LogP contribution in [0.25, 0.3) is 0 Å². The molecule has 1 N–H and O–H groups in total. The highest BCUT2D eigenvalue weighted by molar-refractivity contribution is 9.10. The van der Waals surface area contributed by atoms with Gasteiger partial charge in [0.2, 0.25) is 0 Å². The molecule has 5 heteroatoms. The van der Waals surface area contributed by atoms with Gasteiger partial charge in [-0.2, -0.15) is 5.10 Å². The van der Waals surface area contributed by atoms with Crippen molar-refractivity contribution in [3.05, 3.63) is 21.0 Å². The van der Waals surface area contributed by atoms with Gasteiger partial charge in [0.1, 0.15) is 4.47 Å². The van der Waals surface area contributed by atoms with Gasteiger partial charge >= 0.3 is 0 Å². The van der Waals surface area contributed by atoms with E-state index in [1.807, 2.05) is 0 Å². The van der Waals surface area contributed by atoms with Crippen LogP contribution >= 0.6 is 15.9 Å². The molecule has 0 unspecified atom stereocenters. The SMILES string of the molecule is CCCC1(CNc2cnn(C)c(=O)c2Br)CC1. The molecule has 94 valence electrons. The molecule has 1 fully saturated rings. The van der Waals surface area contributed by atoms with Crippen molar-refractivity contribution in [3.63, 3.8) is 0 Å². The Morgan fingerprint density at radius 3 is 2.88 bits per heavy atom. The summed E-state index contributed by atoms with van der Waals surface area (Å²) in [6.07, 6.45) is 6.77. The quantitative estimate of drug-likeness (QED) is 0.909. The van der Waals surface area contributed by atoms with Crippen molar-refractivity contribution in [1.29, 1.82) is 0 Å². The predicted molar refractivity (Wildman–Crippen MR) is 72.2 cm³/mol. The van der Waals surface area contributed by atoms with Crippen LogP contribution in [0.5, 0.6) is 0 Å². The maximum atomic E-state index is 11.7. The summed E-state index contributed by atoms with van der Waals surface area (Å²) in [7, 11) is 1.65. The van der Waals surface area contributed by atoms with E-state index in [0.717, 1.165) is 12.2 Å². The zero-order chi connectivity index (χ0) is 12.5. The summed E-state index contributed by atoms with van der Waals surface area (Å²) in [6, 6.07) is 0. The Hall–Kier alpha value is -0.840. The van der Waals surface area contributed by atoms with E-state index >= 15 is 0 Å². The maximum absolute atomic E-state index is 11.7. The molecule has 0 radical (unpaired) electrons. The summed E-state index contributed by atoms with van der Waals surface area (Å²) in [5.41, 5.74) is 1.17. The summed E-state index contributed by atoms with van der Waals surface area (Å²) in [5.74, 6) is 0. The van der Waals surface area contributed by atoms with Crippen molar-refractivity contribution >= 4 is 21.6 Å². The highest BCUT2D eigenvalue weighted by atomic mass is 79.9. The molecule has 0 bridgehead atoms. The zero-order valence-corrected chi connectivity index (χ0v) is 11.9. The van der Waals surface area contributed by atoms with E-state index in [9.17, 15) is 4.79 Å². The van der Waals surface area contributed by atoms with Gasteiger partial charge in [0, 0.05) is 13.6 Å². The molecule has 0 aromatic carbocycles. The lowest BCUT2D eigenvalue weighted by molar-refractivity contribution is 0.485. The first-order chi connectivity index (χ1) is 8.08. The summed E-state index contributed by atoms with van der Waals surface area (Å²) in [4.78, 5) is 11.7. The number of hydrogen-bond acceptors (Lipinski definition) is 3. The molecule has 0 saturated heterocycles. The number of halogens is 1. The minimum Gasteiger partial charge on any atom is -0.382 e. The van der Waals surface area contributed by atoms with Gasteiger partial charge in [-0.25, -0.2) is 4.68 Å². The summed E-state index contributed by atoms with van der Waals surface area (Å²) >= 11 is 3.32. The summed E-state index contributed by atoms with van der Waals surface area (Å²) in [5, 5.41) is 7.36. The van der Waals surface area contributed by atoms with Crippen LogP contribution in [0.3, 0.4) is 0 Å². The molecule has 17 heavy (non-hydrogen) atoms. The van der Waals surface area contributed by atoms with E-state index in [4.69, 9.17) is 0 Å². The van der Waals surface area contributed by atoms with Gasteiger partial charge in [0.05, 0.1) is 11.9 Å². The van der Waals surface area contributed by atoms with Crippen LogP contribution in [0.4, 0.5) is 5.69 Å². The Kier molecular flexibility index (Phi) is 3.56. The fourth-order valence-electron chi connectivity index (χ4n) is 2.14. The molecule has 1 saturated carbocycles. The third-order valence-electron chi connectivity index (χ3n) is 3.47. The minimum atomic E-state index is -0.102. The third kappa shape index (κ3) is 2.70. The number of nitrogens with zero attached hydrogens (tertiary/aromatic N) is 2. The molecule has 1 aromatic heterocycles. The second-order valence-corrected chi connectivity index (χ2v) is 5.70. The summed E-state index contributed by atoms with van der Waals surface area (Å²) in [6.45, 7) is 3.16. The van der Waals surface area contributed by atoms with Gasteiger partial charge in [-0.1, -0.05) is 13.3 Å². The molecular weight excluding hydrogens is 282 g/mol. The Bertz CT molecular complexity index is 465. The highest BCUT2D eigenvalue weighted by Crippen LogP contribution is 2.49. The van der Waals surface area contributed by atoms with Crippen molar-refractivity contribution in [1.82, 2.24) is 9.78 Å². The first-order valence-corrected chi connectivity index (χ1v) is 6.83. The predicted octanol–water partition coefficient (Wildman–Crippen LogP) is 2.54. The fraction of sp³-hybridized carbons (Fsp3) is 0.667. The van der Waals surface area contributed by atoms with Crippen LogP contribution < -0.4 is 10.9 Å². The van der Waals surface area contributed by atoms with Crippen molar-refractivity contribution in [2.45, 2.75) is 32.6 Å². The third-order valence-corrected chi connectivity index (χ3v) is 4.24. The Balaban J connectivity index is 2.05. The number of hydrogen-bond donors (Lipinski definition) is 1. The van der Waals surface area contributed by atoms with E-state index in [1.54, 1.807) is 13.2 Å². The minimum absolute atomic E-state index is 0.102. The number of aromatic nitrogens is 2. The van der Waals surface area contributed by atoms with Crippen LogP contribution in [-0.2, 0) is 7.05 Å². The standard InChI is InChI=1S/C12H18BrN3O/c1-3-4-12(5-6-12)8-14-9-7-15-16(2)11(17)10(9)13/h7,14H,3-6,8H2,1-2H3. The highest BCUT2D eigenvalue weighted by Gasteiger charge is 2.41. The maximum Gasteiger partial charge on any atom is 0.282 e.